The van der Waals surface area contributed by atoms with E-state index < -0.39 is 5.41 Å². The molecule has 0 spiro atoms. The molecule has 2 amide bonds. The van der Waals surface area contributed by atoms with Crippen LogP contribution in [0.25, 0.3) is 0 Å². The summed E-state index contributed by atoms with van der Waals surface area (Å²) in [5.74, 6) is -0.162. The molecule has 0 bridgehead atoms. The molecule has 1 aliphatic heterocycles. The fraction of sp³-hybridized carbons (Fsp3) is 0.529. The van der Waals surface area contributed by atoms with E-state index in [1.165, 1.54) is 11.1 Å². The quantitative estimate of drug-likeness (QED) is 0.655. The second-order valence-corrected chi connectivity index (χ2v) is 6.08. The highest BCUT2D eigenvalue weighted by Crippen LogP contribution is 2.48. The maximum Gasteiger partial charge on any atom is 0.238 e. The smallest absolute Gasteiger partial charge is 0.238 e. The number of nitrogens with zero attached hydrogens (tertiary/aromatic N) is 1. The minimum Gasteiger partial charge on any atom is -0.383 e. The van der Waals surface area contributed by atoms with Gasteiger partial charge in [-0.2, -0.15) is 0 Å². The monoisotopic (exact) mass is 302 g/mol. The third kappa shape index (κ3) is 2.73. The molecule has 22 heavy (non-hydrogen) atoms. The number of nitrogens with one attached hydrogen (secondary N) is 1. The largest absolute Gasteiger partial charge is 0.383 e. The van der Waals surface area contributed by atoms with Gasteiger partial charge in [0.1, 0.15) is 5.41 Å². The van der Waals surface area contributed by atoms with Crippen LogP contribution >= 0.6 is 0 Å². The number of hydrogen-bond acceptors (Lipinski definition) is 3. The van der Waals surface area contributed by atoms with Crippen LogP contribution in [-0.2, 0) is 27.3 Å². The summed E-state index contributed by atoms with van der Waals surface area (Å²) in [5.41, 5.74) is 1.68. The standard InChI is InChI=1S/C17H22N2O3/c1-22-11-9-18-15(20)17(7-8-17)16(21)19-10-6-13-4-2-3-5-14(13)12-19/h2-5H,6-12H2,1H3,(H,18,20). The first-order valence-corrected chi connectivity index (χ1v) is 7.81. The van der Waals surface area contributed by atoms with Gasteiger partial charge in [-0.05, 0) is 30.4 Å². The van der Waals surface area contributed by atoms with Crippen LogP contribution in [0.1, 0.15) is 24.0 Å². The van der Waals surface area contributed by atoms with E-state index in [1.54, 1.807) is 7.11 Å². The predicted molar refractivity (Wildman–Crippen MR) is 82.1 cm³/mol. The highest BCUT2D eigenvalue weighted by molar-refractivity contribution is 6.07. The van der Waals surface area contributed by atoms with Gasteiger partial charge in [0.15, 0.2) is 0 Å². The Bertz CT molecular complexity index is 581. The first-order chi connectivity index (χ1) is 10.7. The topological polar surface area (TPSA) is 58.6 Å². The molecule has 0 radical (unpaired) electrons. The van der Waals surface area contributed by atoms with Crippen LogP contribution in [0.5, 0.6) is 0 Å². The van der Waals surface area contributed by atoms with Gasteiger partial charge in [0.2, 0.25) is 11.8 Å². The number of carbonyl (C=O) groups is 2. The molecule has 1 saturated carbocycles. The summed E-state index contributed by atoms with van der Waals surface area (Å²) < 4.78 is 4.93. The van der Waals surface area contributed by atoms with Crippen LogP contribution in [0, 0.1) is 5.41 Å². The van der Waals surface area contributed by atoms with Crippen molar-refractivity contribution in [1.82, 2.24) is 10.2 Å². The Morgan fingerprint density at radius 3 is 2.68 bits per heavy atom. The SMILES string of the molecule is COCCNC(=O)C1(C(=O)N2CCc3ccccc3C2)CC1. The summed E-state index contributed by atoms with van der Waals surface area (Å²) in [7, 11) is 1.59. The van der Waals surface area contributed by atoms with Gasteiger partial charge < -0.3 is 15.0 Å². The third-order valence-electron chi connectivity index (χ3n) is 4.60. The van der Waals surface area contributed by atoms with Crippen molar-refractivity contribution in [3.63, 3.8) is 0 Å². The van der Waals surface area contributed by atoms with Crippen molar-refractivity contribution in [1.29, 1.82) is 0 Å². The molecular weight excluding hydrogens is 280 g/mol. The predicted octanol–water partition coefficient (Wildman–Crippen LogP) is 1.11. The molecule has 1 N–H and O–H groups in total. The van der Waals surface area contributed by atoms with Crippen molar-refractivity contribution in [2.75, 3.05) is 26.8 Å². The van der Waals surface area contributed by atoms with Gasteiger partial charge in [0.05, 0.1) is 6.61 Å². The molecule has 1 heterocycles. The fourth-order valence-corrected chi connectivity index (χ4v) is 3.07. The zero-order valence-corrected chi connectivity index (χ0v) is 12.9. The zero-order valence-electron chi connectivity index (χ0n) is 12.9. The van der Waals surface area contributed by atoms with E-state index in [9.17, 15) is 9.59 Å². The molecule has 1 aliphatic carbocycles. The molecule has 118 valence electrons. The third-order valence-corrected chi connectivity index (χ3v) is 4.60. The van der Waals surface area contributed by atoms with Gasteiger partial charge in [0.25, 0.3) is 0 Å². The molecular formula is C17H22N2O3. The highest BCUT2D eigenvalue weighted by Gasteiger charge is 2.57. The maximum absolute atomic E-state index is 12.8. The molecule has 0 atom stereocenters. The van der Waals surface area contributed by atoms with Crippen LogP contribution in [0.3, 0.4) is 0 Å². The lowest BCUT2D eigenvalue weighted by atomic mass is 9.97. The highest BCUT2D eigenvalue weighted by atomic mass is 16.5. The van der Waals surface area contributed by atoms with Crippen LogP contribution in [0.15, 0.2) is 24.3 Å². The second kappa shape index (κ2) is 6.08. The lowest BCUT2D eigenvalue weighted by Crippen LogP contribution is -2.47. The van der Waals surface area contributed by atoms with Gasteiger partial charge in [-0.25, -0.2) is 0 Å². The van der Waals surface area contributed by atoms with E-state index in [1.807, 2.05) is 17.0 Å². The summed E-state index contributed by atoms with van der Waals surface area (Å²) >= 11 is 0. The average molecular weight is 302 g/mol. The first-order valence-electron chi connectivity index (χ1n) is 7.81. The molecule has 0 aromatic heterocycles. The Morgan fingerprint density at radius 2 is 2.00 bits per heavy atom. The number of rotatable bonds is 5. The summed E-state index contributed by atoms with van der Waals surface area (Å²) in [4.78, 5) is 27.0. The van der Waals surface area contributed by atoms with Gasteiger partial charge in [-0.1, -0.05) is 24.3 Å². The Labute approximate surface area is 130 Å². The Balaban J connectivity index is 1.66. The summed E-state index contributed by atoms with van der Waals surface area (Å²) in [5, 5.41) is 2.81. The van der Waals surface area contributed by atoms with E-state index in [0.29, 0.717) is 39.1 Å². The van der Waals surface area contributed by atoms with Gasteiger partial charge in [-0.15, -0.1) is 0 Å². The van der Waals surface area contributed by atoms with E-state index in [-0.39, 0.29) is 11.8 Å². The van der Waals surface area contributed by atoms with E-state index >= 15 is 0 Å². The van der Waals surface area contributed by atoms with E-state index in [0.717, 1.165) is 6.42 Å². The minimum absolute atomic E-state index is 0.0167. The zero-order chi connectivity index (χ0) is 15.6. The van der Waals surface area contributed by atoms with Gasteiger partial charge >= 0.3 is 0 Å². The van der Waals surface area contributed by atoms with Crippen LogP contribution in [-0.4, -0.2) is 43.5 Å². The van der Waals surface area contributed by atoms with Crippen molar-refractivity contribution in [2.45, 2.75) is 25.8 Å². The number of carbonyl (C=O) groups excluding carboxylic acids is 2. The molecule has 5 heteroatoms. The normalized spacial score (nSPS) is 18.5. The van der Waals surface area contributed by atoms with Crippen molar-refractivity contribution in [3.8, 4) is 0 Å². The summed E-state index contributed by atoms with van der Waals surface area (Å²) in [6, 6.07) is 8.20. The molecule has 0 saturated heterocycles. The molecule has 1 aromatic rings. The number of hydrogen-bond donors (Lipinski definition) is 1. The van der Waals surface area contributed by atoms with Crippen LogP contribution < -0.4 is 5.32 Å². The molecule has 1 fully saturated rings. The van der Waals surface area contributed by atoms with Crippen LogP contribution in [0.4, 0.5) is 0 Å². The number of ether oxygens (including phenoxy) is 1. The maximum atomic E-state index is 12.8. The number of methoxy groups -OCH3 is 1. The average Bonchev–Trinajstić information content (AvgIpc) is 3.35. The van der Waals surface area contributed by atoms with Crippen molar-refractivity contribution in [3.05, 3.63) is 35.4 Å². The molecule has 0 unspecified atom stereocenters. The van der Waals surface area contributed by atoms with Crippen molar-refractivity contribution in [2.24, 2.45) is 5.41 Å². The summed E-state index contributed by atoms with van der Waals surface area (Å²) in [6.07, 6.45) is 2.18. The van der Waals surface area contributed by atoms with Gasteiger partial charge in [0, 0.05) is 26.7 Å². The van der Waals surface area contributed by atoms with Crippen molar-refractivity contribution >= 4 is 11.8 Å². The molecule has 1 aromatic carbocycles. The summed E-state index contributed by atoms with van der Waals surface area (Å²) in [6.45, 7) is 2.23. The molecule has 2 aliphatic rings. The lowest BCUT2D eigenvalue weighted by Gasteiger charge is -2.31. The van der Waals surface area contributed by atoms with Crippen molar-refractivity contribution < 1.29 is 14.3 Å². The molecule has 3 rings (SSSR count). The Morgan fingerprint density at radius 1 is 1.27 bits per heavy atom. The Kier molecular flexibility index (Phi) is 4.16. The molecule has 5 nitrogen and oxygen atoms in total. The first kappa shape index (κ1) is 15.0. The number of fused-ring (bicyclic) bond motifs is 1. The minimum atomic E-state index is -0.819. The fourth-order valence-electron chi connectivity index (χ4n) is 3.07. The van der Waals surface area contributed by atoms with Gasteiger partial charge in [-0.3, -0.25) is 9.59 Å². The van der Waals surface area contributed by atoms with E-state index in [2.05, 4.69) is 17.4 Å². The number of amides is 2. The Hall–Kier alpha value is -1.88. The lowest BCUT2D eigenvalue weighted by molar-refractivity contribution is -0.145. The van der Waals surface area contributed by atoms with Crippen LogP contribution in [0.2, 0.25) is 0 Å². The number of benzene rings is 1. The second-order valence-electron chi connectivity index (χ2n) is 6.08. The van der Waals surface area contributed by atoms with E-state index in [4.69, 9.17) is 4.74 Å².